The van der Waals surface area contributed by atoms with Crippen LogP contribution in [0.3, 0.4) is 0 Å². The third-order valence-corrected chi connectivity index (χ3v) is 5.60. The molecule has 0 aliphatic rings. The molecule has 0 saturated heterocycles. The lowest BCUT2D eigenvalue weighted by Gasteiger charge is -2.09. The van der Waals surface area contributed by atoms with E-state index < -0.39 is 10.0 Å². The van der Waals surface area contributed by atoms with Gasteiger partial charge in [0.1, 0.15) is 0 Å². The lowest BCUT2D eigenvalue weighted by molar-refractivity contribution is 0.579. The van der Waals surface area contributed by atoms with Gasteiger partial charge in [0.15, 0.2) is 0 Å². The Labute approximate surface area is 138 Å². The van der Waals surface area contributed by atoms with Gasteiger partial charge in [-0.05, 0) is 42.5 Å². The maximum atomic E-state index is 12.4. The van der Waals surface area contributed by atoms with Gasteiger partial charge < -0.3 is 0 Å². The minimum atomic E-state index is -3.58. The third kappa shape index (κ3) is 3.49. The number of sulfonamides is 1. The van der Waals surface area contributed by atoms with Crippen LogP contribution in [0.5, 0.6) is 0 Å². The highest BCUT2D eigenvalue weighted by molar-refractivity contribution is 7.89. The molecule has 0 saturated carbocycles. The second-order valence-electron chi connectivity index (χ2n) is 5.23. The third-order valence-electron chi connectivity index (χ3n) is 3.39. The van der Waals surface area contributed by atoms with E-state index in [0.29, 0.717) is 16.2 Å². The Bertz CT molecular complexity index is 915. The fourth-order valence-electron chi connectivity index (χ4n) is 2.14. The lowest BCUT2D eigenvalue weighted by Crippen LogP contribution is -2.24. The van der Waals surface area contributed by atoms with E-state index in [1.54, 1.807) is 41.3 Å². The van der Waals surface area contributed by atoms with Crippen LogP contribution in [-0.2, 0) is 16.6 Å². The van der Waals surface area contributed by atoms with Gasteiger partial charge in [0, 0.05) is 5.38 Å². The average molecular weight is 348 g/mol. The number of hydrogen-bond donors (Lipinski definition) is 1. The molecular weight excluding hydrogens is 332 g/mol. The zero-order valence-corrected chi connectivity index (χ0v) is 14.4. The average Bonchev–Trinajstić information content (AvgIpc) is 3.18. The van der Waals surface area contributed by atoms with Gasteiger partial charge in [0.2, 0.25) is 10.0 Å². The van der Waals surface area contributed by atoms with Crippen molar-refractivity contribution in [2.24, 2.45) is 0 Å². The van der Waals surface area contributed by atoms with E-state index >= 15 is 0 Å². The van der Waals surface area contributed by atoms with E-state index in [-0.39, 0.29) is 6.54 Å². The molecular formula is C15H16N4O2S2. The summed E-state index contributed by atoms with van der Waals surface area (Å²) >= 11 is 1.56. The summed E-state index contributed by atoms with van der Waals surface area (Å²) in [7, 11) is -3.58. The number of thiophene rings is 1. The summed E-state index contributed by atoms with van der Waals surface area (Å²) < 4.78 is 29.1. The summed E-state index contributed by atoms with van der Waals surface area (Å²) in [6.45, 7) is 3.74. The highest BCUT2D eigenvalue weighted by Crippen LogP contribution is 2.17. The maximum Gasteiger partial charge on any atom is 0.241 e. The Hall–Kier alpha value is -2.03. The topological polar surface area (TPSA) is 76.9 Å². The largest absolute Gasteiger partial charge is 0.241 e. The van der Waals surface area contributed by atoms with Crippen molar-refractivity contribution in [3.8, 4) is 5.69 Å². The molecule has 3 rings (SSSR count). The van der Waals surface area contributed by atoms with E-state index in [1.807, 2.05) is 29.8 Å². The van der Waals surface area contributed by atoms with Crippen molar-refractivity contribution < 1.29 is 8.42 Å². The summed E-state index contributed by atoms with van der Waals surface area (Å²) in [5.74, 6) is 0. The van der Waals surface area contributed by atoms with Crippen molar-refractivity contribution in [2.75, 3.05) is 0 Å². The number of aromatic nitrogens is 3. The minimum Gasteiger partial charge on any atom is -0.220 e. The van der Waals surface area contributed by atoms with E-state index in [9.17, 15) is 8.42 Å². The molecule has 0 fully saturated rings. The summed E-state index contributed by atoms with van der Waals surface area (Å²) in [4.78, 5) is 0.294. The lowest BCUT2D eigenvalue weighted by atomic mass is 10.2. The molecule has 0 radical (unpaired) electrons. The molecule has 0 amide bonds. The van der Waals surface area contributed by atoms with Crippen LogP contribution in [0, 0.1) is 13.8 Å². The van der Waals surface area contributed by atoms with Gasteiger partial charge >= 0.3 is 0 Å². The van der Waals surface area contributed by atoms with Crippen LogP contribution >= 0.6 is 11.3 Å². The Morgan fingerprint density at radius 3 is 2.83 bits per heavy atom. The number of benzene rings is 1. The van der Waals surface area contributed by atoms with E-state index in [0.717, 1.165) is 11.3 Å². The molecule has 0 unspecified atom stereocenters. The molecule has 23 heavy (non-hydrogen) atoms. The standard InChI is InChI=1S/C15H16N4O2S2/c1-11-3-4-12(2)15(7-11)23(20,21)16-8-13-9-19(18-17-13)14-5-6-22-10-14/h3-7,9-10,16H,8H2,1-2H3. The zero-order valence-electron chi connectivity index (χ0n) is 12.7. The van der Waals surface area contributed by atoms with Crippen LogP contribution in [0.1, 0.15) is 16.8 Å². The second kappa shape index (κ2) is 6.23. The summed E-state index contributed by atoms with van der Waals surface area (Å²) in [6, 6.07) is 7.28. The monoisotopic (exact) mass is 348 g/mol. The van der Waals surface area contributed by atoms with Crippen LogP contribution < -0.4 is 4.72 Å². The van der Waals surface area contributed by atoms with Crippen LogP contribution in [0.4, 0.5) is 0 Å². The maximum absolute atomic E-state index is 12.4. The highest BCUT2D eigenvalue weighted by Gasteiger charge is 2.17. The van der Waals surface area contributed by atoms with Crippen LogP contribution in [0.25, 0.3) is 5.69 Å². The molecule has 3 aromatic rings. The fraction of sp³-hybridized carbons (Fsp3) is 0.200. The molecule has 0 atom stereocenters. The predicted molar refractivity (Wildman–Crippen MR) is 89.2 cm³/mol. The van der Waals surface area contributed by atoms with Gasteiger partial charge in [-0.2, -0.15) is 11.3 Å². The predicted octanol–water partition coefficient (Wildman–Crippen LogP) is 2.42. The quantitative estimate of drug-likeness (QED) is 0.768. The van der Waals surface area contributed by atoms with Crippen molar-refractivity contribution in [1.29, 1.82) is 0 Å². The summed E-state index contributed by atoms with van der Waals surface area (Å²) in [5, 5.41) is 11.9. The van der Waals surface area contributed by atoms with Crippen LogP contribution in [0.15, 0.2) is 46.1 Å². The molecule has 0 spiro atoms. The van der Waals surface area contributed by atoms with Crippen LogP contribution in [-0.4, -0.2) is 23.4 Å². The van der Waals surface area contributed by atoms with E-state index in [1.165, 1.54) is 0 Å². The second-order valence-corrected chi connectivity index (χ2v) is 7.74. The van der Waals surface area contributed by atoms with Crippen molar-refractivity contribution >= 4 is 21.4 Å². The van der Waals surface area contributed by atoms with Gasteiger partial charge in [0.05, 0.1) is 29.0 Å². The molecule has 2 aromatic heterocycles. The minimum absolute atomic E-state index is 0.0971. The molecule has 120 valence electrons. The Morgan fingerprint density at radius 1 is 1.26 bits per heavy atom. The molecule has 8 heteroatoms. The Kier molecular flexibility index (Phi) is 4.29. The van der Waals surface area contributed by atoms with Crippen molar-refractivity contribution in [2.45, 2.75) is 25.3 Å². The van der Waals surface area contributed by atoms with Gasteiger partial charge in [-0.3, -0.25) is 0 Å². The molecule has 0 bridgehead atoms. The van der Waals surface area contributed by atoms with E-state index in [4.69, 9.17) is 0 Å². The van der Waals surface area contributed by atoms with Crippen molar-refractivity contribution in [1.82, 2.24) is 19.7 Å². The molecule has 0 aliphatic heterocycles. The first kappa shape index (κ1) is 15.9. The Morgan fingerprint density at radius 2 is 2.09 bits per heavy atom. The Balaban J connectivity index is 1.76. The number of nitrogens with zero attached hydrogens (tertiary/aromatic N) is 3. The van der Waals surface area contributed by atoms with Crippen LogP contribution in [0.2, 0.25) is 0 Å². The smallest absolute Gasteiger partial charge is 0.220 e. The first-order valence-electron chi connectivity index (χ1n) is 6.96. The SMILES string of the molecule is Cc1ccc(C)c(S(=O)(=O)NCc2cn(-c3ccsc3)nn2)c1. The van der Waals surface area contributed by atoms with Gasteiger partial charge in [-0.15, -0.1) is 5.10 Å². The van der Waals surface area contributed by atoms with Gasteiger partial charge in [-0.1, -0.05) is 17.3 Å². The number of hydrogen-bond acceptors (Lipinski definition) is 5. The zero-order chi connectivity index (χ0) is 16.4. The van der Waals surface area contributed by atoms with Crippen molar-refractivity contribution in [3.05, 3.63) is 58.0 Å². The molecule has 1 aromatic carbocycles. The normalized spacial score (nSPS) is 11.7. The fourth-order valence-corrected chi connectivity index (χ4v) is 4.09. The molecule has 6 nitrogen and oxygen atoms in total. The molecule has 0 aliphatic carbocycles. The number of nitrogens with one attached hydrogen (secondary N) is 1. The number of rotatable bonds is 5. The summed E-state index contributed by atoms with van der Waals surface area (Å²) in [6.07, 6.45) is 1.72. The van der Waals surface area contributed by atoms with Crippen molar-refractivity contribution in [3.63, 3.8) is 0 Å². The number of aryl methyl sites for hydroxylation is 2. The highest BCUT2D eigenvalue weighted by atomic mass is 32.2. The molecule has 1 N–H and O–H groups in total. The van der Waals surface area contributed by atoms with Gasteiger partial charge in [0.25, 0.3) is 0 Å². The summed E-state index contributed by atoms with van der Waals surface area (Å²) in [5.41, 5.74) is 3.08. The van der Waals surface area contributed by atoms with E-state index in [2.05, 4.69) is 15.0 Å². The first-order chi connectivity index (χ1) is 11.0. The molecule has 2 heterocycles. The first-order valence-corrected chi connectivity index (χ1v) is 9.39. The van der Waals surface area contributed by atoms with Gasteiger partial charge in [-0.25, -0.2) is 17.8 Å².